The van der Waals surface area contributed by atoms with E-state index in [1.54, 1.807) is 0 Å². The van der Waals surface area contributed by atoms with E-state index in [0.29, 0.717) is 12.0 Å². The minimum Gasteiger partial charge on any atom is -0.366 e. The van der Waals surface area contributed by atoms with Crippen LogP contribution in [0, 0.1) is 5.92 Å². The minimum atomic E-state index is 0.325. The van der Waals surface area contributed by atoms with Gasteiger partial charge in [-0.2, -0.15) is 5.10 Å². The zero-order valence-corrected chi connectivity index (χ0v) is 7.53. The van der Waals surface area contributed by atoms with E-state index in [1.165, 1.54) is 5.69 Å². The molecule has 66 valence electrons. The van der Waals surface area contributed by atoms with Crippen molar-refractivity contribution < 1.29 is 4.74 Å². The lowest BCUT2D eigenvalue weighted by Crippen LogP contribution is -2.09. The summed E-state index contributed by atoms with van der Waals surface area (Å²) in [6.07, 6.45) is 2.17. The molecule has 0 N–H and O–H groups in total. The van der Waals surface area contributed by atoms with Crippen molar-refractivity contribution in [3.63, 3.8) is 0 Å². The first-order chi connectivity index (χ1) is 5.77. The summed E-state index contributed by atoms with van der Waals surface area (Å²) < 4.78 is 7.26. The van der Waals surface area contributed by atoms with Gasteiger partial charge in [-0.25, -0.2) is 0 Å². The second kappa shape index (κ2) is 2.90. The van der Waals surface area contributed by atoms with Crippen molar-refractivity contribution >= 4 is 0 Å². The van der Waals surface area contributed by atoms with Gasteiger partial charge in [-0.05, 0) is 12.0 Å². The van der Waals surface area contributed by atoms with E-state index in [4.69, 9.17) is 4.74 Å². The van der Waals surface area contributed by atoms with Gasteiger partial charge in [0.15, 0.2) is 0 Å². The molecule has 0 saturated carbocycles. The van der Waals surface area contributed by atoms with Crippen LogP contribution in [-0.2, 0) is 11.3 Å². The lowest BCUT2D eigenvalue weighted by Gasteiger charge is -2.07. The molecule has 1 fully saturated rings. The molecule has 1 aliphatic heterocycles. The molecule has 0 aliphatic carbocycles. The second-order valence-electron chi connectivity index (χ2n) is 3.65. The summed E-state index contributed by atoms with van der Waals surface area (Å²) in [5, 5.41) is 4.25. The highest BCUT2D eigenvalue weighted by molar-refractivity contribution is 5.08. The van der Waals surface area contributed by atoms with Crippen molar-refractivity contribution in [2.75, 3.05) is 6.61 Å². The van der Waals surface area contributed by atoms with Crippen LogP contribution in [0.25, 0.3) is 0 Å². The van der Waals surface area contributed by atoms with Crippen molar-refractivity contribution in [1.29, 1.82) is 0 Å². The van der Waals surface area contributed by atoms with Gasteiger partial charge in [0.1, 0.15) is 6.10 Å². The number of ether oxygens (including phenoxy) is 1. The normalized spacial score (nSPS) is 21.8. The van der Waals surface area contributed by atoms with Gasteiger partial charge in [-0.3, -0.25) is 4.68 Å². The second-order valence-corrected chi connectivity index (χ2v) is 3.65. The van der Waals surface area contributed by atoms with Crippen molar-refractivity contribution in [2.24, 2.45) is 5.92 Å². The molecule has 3 nitrogen and oxygen atoms in total. The molecule has 2 rings (SSSR count). The van der Waals surface area contributed by atoms with Gasteiger partial charge < -0.3 is 4.74 Å². The Bertz CT molecular complexity index is 263. The molecule has 12 heavy (non-hydrogen) atoms. The molecule has 2 heterocycles. The van der Waals surface area contributed by atoms with Gasteiger partial charge in [0.05, 0.1) is 12.3 Å². The first-order valence-corrected chi connectivity index (χ1v) is 4.40. The molecule has 0 aromatic carbocycles. The fourth-order valence-corrected chi connectivity index (χ4v) is 1.33. The Morgan fingerprint density at radius 3 is 3.08 bits per heavy atom. The van der Waals surface area contributed by atoms with E-state index in [1.807, 2.05) is 16.9 Å². The van der Waals surface area contributed by atoms with Gasteiger partial charge in [-0.15, -0.1) is 0 Å². The topological polar surface area (TPSA) is 30.4 Å². The van der Waals surface area contributed by atoms with Crippen molar-refractivity contribution in [1.82, 2.24) is 9.78 Å². The Labute approximate surface area is 72.3 Å². The Kier molecular flexibility index (Phi) is 1.89. The standard InChI is InChI=1S/C9H14N2O/c1-7(2)5-11-8(3-4-10-11)9-6-12-9/h3-4,7,9H,5-6H2,1-2H3/t9-/m0/s1. The summed E-state index contributed by atoms with van der Waals surface area (Å²) >= 11 is 0. The summed E-state index contributed by atoms with van der Waals surface area (Å²) in [6, 6.07) is 2.04. The van der Waals surface area contributed by atoms with Crippen LogP contribution < -0.4 is 0 Å². The maximum Gasteiger partial charge on any atom is 0.123 e. The van der Waals surface area contributed by atoms with Gasteiger partial charge in [-0.1, -0.05) is 13.8 Å². The number of nitrogens with zero attached hydrogens (tertiary/aromatic N) is 2. The molecular weight excluding hydrogens is 152 g/mol. The average molecular weight is 166 g/mol. The number of hydrogen-bond donors (Lipinski definition) is 0. The Morgan fingerprint density at radius 1 is 1.75 bits per heavy atom. The molecule has 0 spiro atoms. The van der Waals surface area contributed by atoms with E-state index in [2.05, 4.69) is 18.9 Å². The van der Waals surface area contributed by atoms with Crippen molar-refractivity contribution in [3.05, 3.63) is 18.0 Å². The number of hydrogen-bond acceptors (Lipinski definition) is 2. The molecule has 1 aromatic heterocycles. The molecule has 1 atom stereocenters. The smallest absolute Gasteiger partial charge is 0.123 e. The van der Waals surface area contributed by atoms with Crippen molar-refractivity contribution in [2.45, 2.75) is 26.5 Å². The van der Waals surface area contributed by atoms with Gasteiger partial charge in [0.25, 0.3) is 0 Å². The van der Waals surface area contributed by atoms with E-state index in [-0.39, 0.29) is 0 Å². The molecule has 0 radical (unpaired) electrons. The number of epoxide rings is 1. The lowest BCUT2D eigenvalue weighted by molar-refractivity contribution is 0.387. The summed E-state index contributed by atoms with van der Waals surface area (Å²) in [7, 11) is 0. The zero-order chi connectivity index (χ0) is 8.55. The highest BCUT2D eigenvalue weighted by atomic mass is 16.6. The highest BCUT2D eigenvalue weighted by Crippen LogP contribution is 2.29. The molecule has 1 saturated heterocycles. The predicted octanol–water partition coefficient (Wildman–Crippen LogP) is 1.61. The number of aromatic nitrogens is 2. The Morgan fingerprint density at radius 2 is 2.50 bits per heavy atom. The van der Waals surface area contributed by atoms with Crippen LogP contribution in [0.1, 0.15) is 25.6 Å². The van der Waals surface area contributed by atoms with Crippen molar-refractivity contribution in [3.8, 4) is 0 Å². The fraction of sp³-hybridized carbons (Fsp3) is 0.667. The van der Waals surface area contributed by atoms with Gasteiger partial charge >= 0.3 is 0 Å². The maximum absolute atomic E-state index is 5.21. The third-order valence-electron chi connectivity index (χ3n) is 1.95. The summed E-state index contributed by atoms with van der Waals surface area (Å²) in [6.45, 7) is 6.24. The molecule has 0 unspecified atom stereocenters. The minimum absolute atomic E-state index is 0.325. The molecule has 0 bridgehead atoms. The zero-order valence-electron chi connectivity index (χ0n) is 7.53. The van der Waals surface area contributed by atoms with Crippen LogP contribution >= 0.6 is 0 Å². The van der Waals surface area contributed by atoms with Crippen LogP contribution in [0.5, 0.6) is 0 Å². The van der Waals surface area contributed by atoms with Crippen LogP contribution in [0.4, 0.5) is 0 Å². The summed E-state index contributed by atoms with van der Waals surface area (Å²) in [5.41, 5.74) is 1.23. The van der Waals surface area contributed by atoms with Crippen LogP contribution in [0.2, 0.25) is 0 Å². The fourth-order valence-electron chi connectivity index (χ4n) is 1.33. The largest absolute Gasteiger partial charge is 0.366 e. The quantitative estimate of drug-likeness (QED) is 0.638. The van der Waals surface area contributed by atoms with E-state index < -0.39 is 0 Å². The molecule has 3 heteroatoms. The van der Waals surface area contributed by atoms with Crippen LogP contribution in [-0.4, -0.2) is 16.4 Å². The lowest BCUT2D eigenvalue weighted by atomic mass is 10.2. The SMILES string of the molecule is CC(C)Cn1nccc1[C@@H]1CO1. The van der Waals surface area contributed by atoms with Crippen LogP contribution in [0.3, 0.4) is 0 Å². The van der Waals surface area contributed by atoms with Gasteiger partial charge in [0.2, 0.25) is 0 Å². The molecular formula is C9H14N2O. The first-order valence-electron chi connectivity index (χ1n) is 4.40. The van der Waals surface area contributed by atoms with E-state index in [0.717, 1.165) is 13.2 Å². The Balaban J connectivity index is 2.13. The summed E-state index contributed by atoms with van der Waals surface area (Å²) in [5.74, 6) is 0.641. The number of rotatable bonds is 3. The molecule has 1 aromatic rings. The molecule has 1 aliphatic rings. The Hall–Kier alpha value is -0.830. The summed E-state index contributed by atoms with van der Waals surface area (Å²) in [4.78, 5) is 0. The van der Waals surface area contributed by atoms with E-state index >= 15 is 0 Å². The third kappa shape index (κ3) is 1.50. The predicted molar refractivity (Wildman–Crippen MR) is 45.8 cm³/mol. The molecule has 0 amide bonds. The van der Waals surface area contributed by atoms with E-state index in [9.17, 15) is 0 Å². The maximum atomic E-state index is 5.21. The van der Waals surface area contributed by atoms with Gasteiger partial charge in [0, 0.05) is 12.7 Å². The average Bonchev–Trinajstić information content (AvgIpc) is 2.73. The first kappa shape index (κ1) is 7.80. The monoisotopic (exact) mass is 166 g/mol. The highest BCUT2D eigenvalue weighted by Gasteiger charge is 2.28. The third-order valence-corrected chi connectivity index (χ3v) is 1.95. The van der Waals surface area contributed by atoms with Crippen LogP contribution in [0.15, 0.2) is 12.3 Å².